The lowest BCUT2D eigenvalue weighted by Crippen LogP contribution is -2.12. The first-order chi connectivity index (χ1) is 7.33. The van der Waals surface area contributed by atoms with Crippen LogP contribution in [0.5, 0.6) is 0 Å². The number of rotatable bonds is 2. The molecule has 0 aliphatic rings. The van der Waals surface area contributed by atoms with Crippen LogP contribution in [0.4, 0.5) is 0 Å². The minimum atomic E-state index is -0.112. The average molecular weight is 202 g/mol. The molecule has 0 fully saturated rings. The Hall–Kier alpha value is -2.04. The molecule has 2 aromatic rings. The second kappa shape index (κ2) is 4.00. The summed E-state index contributed by atoms with van der Waals surface area (Å²) in [7, 11) is 0. The first-order valence-electron chi connectivity index (χ1n) is 4.70. The number of hydrogen-bond acceptors (Lipinski definition) is 4. The molecule has 76 valence electrons. The lowest BCUT2D eigenvalue weighted by molar-refractivity contribution is 0.0893. The average Bonchev–Trinajstić information content (AvgIpc) is 2.78. The van der Waals surface area contributed by atoms with E-state index in [0.29, 0.717) is 12.2 Å². The van der Waals surface area contributed by atoms with Gasteiger partial charge >= 0.3 is 0 Å². The molecule has 0 amide bonds. The third kappa shape index (κ3) is 1.76. The van der Waals surface area contributed by atoms with E-state index in [1.807, 2.05) is 30.3 Å². The predicted molar refractivity (Wildman–Crippen MR) is 54.2 cm³/mol. The maximum absolute atomic E-state index is 11.5. The van der Waals surface area contributed by atoms with E-state index in [1.54, 1.807) is 6.92 Å². The number of hydrogen-bond donors (Lipinski definition) is 0. The molecule has 15 heavy (non-hydrogen) atoms. The first kappa shape index (κ1) is 9.51. The van der Waals surface area contributed by atoms with Crippen molar-refractivity contribution in [3.05, 3.63) is 30.3 Å². The molecule has 0 saturated heterocycles. The van der Waals surface area contributed by atoms with E-state index in [-0.39, 0.29) is 5.91 Å². The third-order valence-electron chi connectivity index (χ3n) is 2.04. The number of tetrazole rings is 1. The van der Waals surface area contributed by atoms with Crippen LogP contribution in [0.15, 0.2) is 30.3 Å². The van der Waals surface area contributed by atoms with Gasteiger partial charge in [-0.15, -0.1) is 5.10 Å². The van der Waals surface area contributed by atoms with Crippen molar-refractivity contribution in [1.82, 2.24) is 20.2 Å². The van der Waals surface area contributed by atoms with Crippen molar-refractivity contribution in [1.29, 1.82) is 0 Å². The van der Waals surface area contributed by atoms with Gasteiger partial charge in [-0.2, -0.15) is 4.68 Å². The highest BCUT2D eigenvalue weighted by atomic mass is 16.2. The normalized spacial score (nSPS) is 10.2. The molecule has 2 rings (SSSR count). The smallest absolute Gasteiger partial charge is 0.250 e. The van der Waals surface area contributed by atoms with Crippen LogP contribution < -0.4 is 0 Å². The number of benzene rings is 1. The zero-order valence-electron chi connectivity index (χ0n) is 8.29. The minimum absolute atomic E-state index is 0.112. The van der Waals surface area contributed by atoms with Crippen LogP contribution in [0, 0.1) is 0 Å². The van der Waals surface area contributed by atoms with E-state index in [4.69, 9.17) is 0 Å². The first-order valence-corrected chi connectivity index (χ1v) is 4.70. The van der Waals surface area contributed by atoms with Crippen LogP contribution in [0.25, 0.3) is 11.4 Å². The molecule has 1 aromatic heterocycles. The fourth-order valence-corrected chi connectivity index (χ4v) is 1.27. The Kier molecular flexibility index (Phi) is 2.53. The highest BCUT2D eigenvalue weighted by molar-refractivity contribution is 5.81. The number of carbonyl (C=O) groups is 1. The highest BCUT2D eigenvalue weighted by Gasteiger charge is 2.12. The van der Waals surface area contributed by atoms with Gasteiger partial charge in [0.1, 0.15) is 0 Å². The molecule has 5 nitrogen and oxygen atoms in total. The Labute approximate surface area is 86.7 Å². The van der Waals surface area contributed by atoms with Crippen molar-refractivity contribution in [3.8, 4) is 11.4 Å². The molecule has 0 aliphatic heterocycles. The Balaban J connectivity index is 2.46. The van der Waals surface area contributed by atoms with Crippen molar-refractivity contribution in [2.24, 2.45) is 0 Å². The second-order valence-corrected chi connectivity index (χ2v) is 3.03. The van der Waals surface area contributed by atoms with E-state index in [9.17, 15) is 4.79 Å². The SMILES string of the molecule is CCC(=O)n1nnnc1-c1ccccc1. The van der Waals surface area contributed by atoms with E-state index in [0.717, 1.165) is 5.56 Å². The fraction of sp³-hybridized carbons (Fsp3) is 0.200. The summed E-state index contributed by atoms with van der Waals surface area (Å²) in [5.41, 5.74) is 0.837. The highest BCUT2D eigenvalue weighted by Crippen LogP contribution is 2.14. The van der Waals surface area contributed by atoms with Gasteiger partial charge in [-0.05, 0) is 10.4 Å². The van der Waals surface area contributed by atoms with Crippen molar-refractivity contribution in [2.45, 2.75) is 13.3 Å². The van der Waals surface area contributed by atoms with Crippen molar-refractivity contribution in [3.63, 3.8) is 0 Å². The summed E-state index contributed by atoms with van der Waals surface area (Å²) in [6.07, 6.45) is 0.380. The summed E-state index contributed by atoms with van der Waals surface area (Å²) in [6, 6.07) is 9.39. The van der Waals surface area contributed by atoms with Gasteiger partial charge in [0.25, 0.3) is 0 Å². The summed E-state index contributed by atoms with van der Waals surface area (Å²) < 4.78 is 1.23. The minimum Gasteiger partial charge on any atom is -0.272 e. The van der Waals surface area contributed by atoms with Gasteiger partial charge in [-0.3, -0.25) is 4.79 Å². The second-order valence-electron chi connectivity index (χ2n) is 3.03. The lowest BCUT2D eigenvalue weighted by atomic mass is 10.2. The van der Waals surface area contributed by atoms with Gasteiger partial charge in [0, 0.05) is 12.0 Å². The molecule has 1 heterocycles. The quantitative estimate of drug-likeness (QED) is 0.690. The molecule has 0 saturated carbocycles. The Morgan fingerprint density at radius 2 is 2.07 bits per heavy atom. The van der Waals surface area contributed by atoms with Crippen LogP contribution in [0.1, 0.15) is 18.1 Å². The summed E-state index contributed by atoms with van der Waals surface area (Å²) in [4.78, 5) is 11.5. The monoisotopic (exact) mass is 202 g/mol. The van der Waals surface area contributed by atoms with Crippen molar-refractivity contribution in [2.75, 3.05) is 0 Å². The Bertz CT molecular complexity index is 463. The van der Waals surface area contributed by atoms with Crippen LogP contribution >= 0.6 is 0 Å². The fourth-order valence-electron chi connectivity index (χ4n) is 1.27. The maximum Gasteiger partial charge on any atom is 0.250 e. The maximum atomic E-state index is 11.5. The summed E-state index contributed by atoms with van der Waals surface area (Å²) in [5.74, 6) is 0.376. The molecule has 0 spiro atoms. The molecule has 0 bridgehead atoms. The van der Waals surface area contributed by atoms with Gasteiger partial charge in [0.05, 0.1) is 0 Å². The molecule has 0 unspecified atom stereocenters. The molecule has 0 radical (unpaired) electrons. The van der Waals surface area contributed by atoms with Crippen LogP contribution in [-0.4, -0.2) is 26.1 Å². The number of nitrogens with zero attached hydrogens (tertiary/aromatic N) is 4. The molecule has 1 aromatic carbocycles. The van der Waals surface area contributed by atoms with Gasteiger partial charge in [-0.25, -0.2) is 0 Å². The number of aromatic nitrogens is 4. The lowest BCUT2D eigenvalue weighted by Gasteiger charge is -2.00. The van der Waals surface area contributed by atoms with Crippen molar-refractivity contribution >= 4 is 5.91 Å². The van der Waals surface area contributed by atoms with Crippen LogP contribution in [-0.2, 0) is 0 Å². The Morgan fingerprint density at radius 3 is 2.73 bits per heavy atom. The largest absolute Gasteiger partial charge is 0.272 e. The van der Waals surface area contributed by atoms with Crippen molar-refractivity contribution < 1.29 is 4.79 Å². The third-order valence-corrected chi connectivity index (χ3v) is 2.04. The zero-order valence-corrected chi connectivity index (χ0v) is 8.29. The van der Waals surface area contributed by atoms with Crippen LogP contribution in [0.2, 0.25) is 0 Å². The molecule has 0 N–H and O–H groups in total. The topological polar surface area (TPSA) is 60.7 Å². The van der Waals surface area contributed by atoms with Gasteiger partial charge in [-0.1, -0.05) is 37.3 Å². The van der Waals surface area contributed by atoms with E-state index in [1.165, 1.54) is 4.68 Å². The van der Waals surface area contributed by atoms with E-state index >= 15 is 0 Å². The summed E-state index contributed by atoms with van der Waals surface area (Å²) in [5, 5.41) is 11.0. The molecule has 0 atom stereocenters. The Morgan fingerprint density at radius 1 is 1.33 bits per heavy atom. The summed E-state index contributed by atoms with van der Waals surface area (Å²) in [6.45, 7) is 1.78. The molecule has 0 aliphatic carbocycles. The molecule has 5 heteroatoms. The van der Waals surface area contributed by atoms with Gasteiger partial charge in [0.15, 0.2) is 5.82 Å². The molecular formula is C10H10N4O. The van der Waals surface area contributed by atoms with Gasteiger partial charge < -0.3 is 0 Å². The standard InChI is InChI=1S/C10H10N4O/c1-2-9(15)14-10(11-12-13-14)8-6-4-3-5-7-8/h3-7H,2H2,1H3. The number of carbonyl (C=O) groups excluding carboxylic acids is 1. The van der Waals surface area contributed by atoms with E-state index in [2.05, 4.69) is 15.5 Å². The van der Waals surface area contributed by atoms with E-state index < -0.39 is 0 Å². The predicted octanol–water partition coefficient (Wildman–Crippen LogP) is 1.39. The van der Waals surface area contributed by atoms with Gasteiger partial charge in [0.2, 0.25) is 5.91 Å². The zero-order chi connectivity index (χ0) is 10.7. The molecular weight excluding hydrogens is 192 g/mol. The summed E-state index contributed by atoms with van der Waals surface area (Å²) >= 11 is 0. The van der Waals surface area contributed by atoms with Crippen LogP contribution in [0.3, 0.4) is 0 Å².